The molecule has 0 spiro atoms. The Morgan fingerprint density at radius 3 is 2.67 bits per heavy atom. The van der Waals surface area contributed by atoms with E-state index in [0.29, 0.717) is 11.4 Å². The number of aromatic nitrogens is 1. The molecule has 3 aromatic rings. The Morgan fingerprint density at radius 2 is 1.90 bits per heavy atom. The number of aldehydes is 1. The lowest BCUT2D eigenvalue weighted by Crippen LogP contribution is -2.19. The van der Waals surface area contributed by atoms with Gasteiger partial charge in [-0.15, -0.1) is 0 Å². The predicted molar refractivity (Wildman–Crippen MR) is 82.3 cm³/mol. The molecule has 0 aliphatic heterocycles. The summed E-state index contributed by atoms with van der Waals surface area (Å²) in [5.41, 5.74) is 8.56. The normalized spacial score (nSPS) is 10.5. The van der Waals surface area contributed by atoms with Crippen molar-refractivity contribution < 1.29 is 9.59 Å². The molecule has 0 bridgehead atoms. The number of anilines is 1. The molecular weight excluding hydrogens is 266 g/mol. The van der Waals surface area contributed by atoms with Crippen LogP contribution in [0.1, 0.15) is 10.4 Å². The minimum Gasteiger partial charge on any atom is -0.351 e. The van der Waals surface area contributed by atoms with E-state index < -0.39 is 6.03 Å². The first kappa shape index (κ1) is 12.9. The maximum atomic E-state index is 10.9. The number of benzene rings is 2. The van der Waals surface area contributed by atoms with Crippen LogP contribution in [0.5, 0.6) is 0 Å². The maximum Gasteiger partial charge on any atom is 0.317 e. The molecule has 0 radical (unpaired) electrons. The first-order valence-electron chi connectivity index (χ1n) is 6.40. The highest BCUT2D eigenvalue weighted by molar-refractivity contribution is 5.93. The molecule has 0 unspecified atom stereocenters. The minimum atomic E-state index is -0.611. The van der Waals surface area contributed by atoms with Gasteiger partial charge < -0.3 is 10.7 Å². The number of hydrogen-bond acceptors (Lipinski definition) is 2. The van der Waals surface area contributed by atoms with Gasteiger partial charge in [0.1, 0.15) is 12.1 Å². The molecule has 5 heteroatoms. The Hall–Kier alpha value is -3.08. The van der Waals surface area contributed by atoms with Crippen molar-refractivity contribution in [1.82, 2.24) is 4.98 Å². The molecule has 0 aliphatic rings. The SMILES string of the molecule is NC(=O)Nc1cc2ccc(-c3cccc(C=O)c3)cc2[nH]1. The van der Waals surface area contributed by atoms with Gasteiger partial charge in [0.15, 0.2) is 0 Å². The molecule has 0 saturated carbocycles. The molecule has 1 heterocycles. The van der Waals surface area contributed by atoms with E-state index >= 15 is 0 Å². The number of aromatic amines is 1. The molecule has 0 saturated heterocycles. The zero-order valence-corrected chi connectivity index (χ0v) is 11.1. The largest absolute Gasteiger partial charge is 0.351 e. The van der Waals surface area contributed by atoms with E-state index in [1.165, 1.54) is 0 Å². The molecule has 4 N–H and O–H groups in total. The molecule has 104 valence electrons. The number of primary amides is 1. The van der Waals surface area contributed by atoms with Gasteiger partial charge in [0, 0.05) is 16.5 Å². The van der Waals surface area contributed by atoms with E-state index in [1.54, 1.807) is 6.07 Å². The summed E-state index contributed by atoms with van der Waals surface area (Å²) in [6, 6.07) is 14.5. The number of H-pyrrole nitrogens is 1. The van der Waals surface area contributed by atoms with E-state index in [2.05, 4.69) is 10.3 Å². The summed E-state index contributed by atoms with van der Waals surface area (Å²) in [4.78, 5) is 24.8. The number of nitrogens with one attached hydrogen (secondary N) is 2. The molecule has 5 nitrogen and oxygen atoms in total. The lowest BCUT2D eigenvalue weighted by molar-refractivity contribution is 0.112. The van der Waals surface area contributed by atoms with Crippen molar-refractivity contribution in [3.8, 4) is 11.1 Å². The number of amides is 2. The number of hydrogen-bond donors (Lipinski definition) is 3. The highest BCUT2D eigenvalue weighted by atomic mass is 16.2. The lowest BCUT2D eigenvalue weighted by atomic mass is 10.0. The molecule has 21 heavy (non-hydrogen) atoms. The number of urea groups is 1. The maximum absolute atomic E-state index is 10.9. The van der Waals surface area contributed by atoms with E-state index in [-0.39, 0.29) is 0 Å². The van der Waals surface area contributed by atoms with Crippen molar-refractivity contribution in [1.29, 1.82) is 0 Å². The molecule has 2 amide bonds. The average Bonchev–Trinajstić information content (AvgIpc) is 2.87. The van der Waals surface area contributed by atoms with Gasteiger partial charge in [0.25, 0.3) is 0 Å². The monoisotopic (exact) mass is 279 g/mol. The van der Waals surface area contributed by atoms with Crippen LogP contribution in [0.4, 0.5) is 10.6 Å². The zero-order valence-electron chi connectivity index (χ0n) is 11.1. The van der Waals surface area contributed by atoms with Gasteiger partial charge >= 0.3 is 6.03 Å². The van der Waals surface area contributed by atoms with E-state index in [0.717, 1.165) is 28.3 Å². The van der Waals surface area contributed by atoms with Crippen LogP contribution in [-0.4, -0.2) is 17.3 Å². The topological polar surface area (TPSA) is 88.0 Å². The van der Waals surface area contributed by atoms with Gasteiger partial charge in [-0.05, 0) is 29.3 Å². The Bertz CT molecular complexity index is 836. The fourth-order valence-electron chi connectivity index (χ4n) is 2.30. The quantitative estimate of drug-likeness (QED) is 0.643. The predicted octanol–water partition coefficient (Wildman–Crippen LogP) is 3.14. The third-order valence-electron chi connectivity index (χ3n) is 3.24. The zero-order chi connectivity index (χ0) is 14.8. The summed E-state index contributed by atoms with van der Waals surface area (Å²) in [5, 5.41) is 3.48. The van der Waals surface area contributed by atoms with Gasteiger partial charge in [-0.3, -0.25) is 10.1 Å². The second-order valence-electron chi connectivity index (χ2n) is 4.72. The fourth-order valence-corrected chi connectivity index (χ4v) is 2.30. The third-order valence-corrected chi connectivity index (χ3v) is 3.24. The summed E-state index contributed by atoms with van der Waals surface area (Å²) in [6.07, 6.45) is 0.825. The Kier molecular flexibility index (Phi) is 3.16. The van der Waals surface area contributed by atoms with Crippen molar-refractivity contribution >= 4 is 29.0 Å². The first-order chi connectivity index (χ1) is 10.2. The summed E-state index contributed by atoms with van der Waals surface area (Å²) in [7, 11) is 0. The third kappa shape index (κ3) is 2.62. The van der Waals surface area contributed by atoms with Crippen molar-refractivity contribution in [2.24, 2.45) is 5.73 Å². The minimum absolute atomic E-state index is 0.552. The second kappa shape index (κ2) is 5.13. The second-order valence-corrected chi connectivity index (χ2v) is 4.72. The molecule has 0 aliphatic carbocycles. The lowest BCUT2D eigenvalue weighted by Gasteiger charge is -2.02. The van der Waals surface area contributed by atoms with Gasteiger partial charge in [0.05, 0.1) is 0 Å². The highest BCUT2D eigenvalue weighted by Crippen LogP contribution is 2.26. The van der Waals surface area contributed by atoms with Crippen LogP contribution in [0.25, 0.3) is 22.0 Å². The first-order valence-corrected chi connectivity index (χ1v) is 6.40. The summed E-state index contributed by atoms with van der Waals surface area (Å²) in [6.45, 7) is 0. The molecule has 3 rings (SSSR count). The smallest absolute Gasteiger partial charge is 0.317 e. The van der Waals surface area contributed by atoms with Crippen LogP contribution in [0.2, 0.25) is 0 Å². The summed E-state index contributed by atoms with van der Waals surface area (Å²) < 4.78 is 0. The molecule has 0 fully saturated rings. The van der Waals surface area contributed by atoms with Crippen LogP contribution in [0.15, 0.2) is 48.5 Å². The Morgan fingerprint density at radius 1 is 1.10 bits per heavy atom. The number of nitrogens with two attached hydrogens (primary N) is 1. The Balaban J connectivity index is 2.03. The van der Waals surface area contributed by atoms with Gasteiger partial charge in [-0.1, -0.05) is 30.3 Å². The standard InChI is InChI=1S/C16H13N3O2/c17-16(21)19-15-8-13-5-4-12(7-14(13)18-15)11-3-1-2-10(6-11)9-20/h1-9,18H,(H3,17,19,21). The number of carbonyl (C=O) groups excluding carboxylic acids is 2. The Labute approximate surface area is 120 Å². The van der Waals surface area contributed by atoms with Gasteiger partial charge in [-0.2, -0.15) is 0 Å². The van der Waals surface area contributed by atoms with E-state index in [9.17, 15) is 9.59 Å². The number of rotatable bonds is 3. The van der Waals surface area contributed by atoms with Gasteiger partial charge in [-0.25, -0.2) is 4.79 Å². The van der Waals surface area contributed by atoms with Crippen molar-refractivity contribution in [2.75, 3.05) is 5.32 Å². The summed E-state index contributed by atoms with van der Waals surface area (Å²) in [5.74, 6) is 0.552. The van der Waals surface area contributed by atoms with Crippen molar-refractivity contribution in [3.63, 3.8) is 0 Å². The molecule has 1 aromatic heterocycles. The average molecular weight is 279 g/mol. The van der Waals surface area contributed by atoms with E-state index in [4.69, 9.17) is 5.73 Å². The van der Waals surface area contributed by atoms with Crippen LogP contribution < -0.4 is 11.1 Å². The van der Waals surface area contributed by atoms with Crippen molar-refractivity contribution in [3.05, 3.63) is 54.1 Å². The highest BCUT2D eigenvalue weighted by Gasteiger charge is 2.05. The van der Waals surface area contributed by atoms with Crippen LogP contribution in [0.3, 0.4) is 0 Å². The van der Waals surface area contributed by atoms with Crippen LogP contribution >= 0.6 is 0 Å². The van der Waals surface area contributed by atoms with E-state index in [1.807, 2.05) is 42.5 Å². The number of fused-ring (bicyclic) bond motifs is 1. The molecular formula is C16H13N3O2. The molecule has 0 atom stereocenters. The number of carbonyl (C=O) groups is 2. The van der Waals surface area contributed by atoms with Crippen molar-refractivity contribution in [2.45, 2.75) is 0 Å². The van der Waals surface area contributed by atoms with Crippen LogP contribution in [-0.2, 0) is 0 Å². The summed E-state index contributed by atoms with van der Waals surface area (Å²) >= 11 is 0. The van der Waals surface area contributed by atoms with Gasteiger partial charge in [0.2, 0.25) is 0 Å². The fraction of sp³-hybridized carbons (Fsp3) is 0. The van der Waals surface area contributed by atoms with Crippen LogP contribution in [0, 0.1) is 0 Å². The molecule has 2 aromatic carbocycles.